The molecule has 0 aliphatic rings. The minimum atomic E-state index is -0.323. The van der Waals surface area contributed by atoms with E-state index < -0.39 is 0 Å². The lowest BCUT2D eigenvalue weighted by Gasteiger charge is -1.97. The summed E-state index contributed by atoms with van der Waals surface area (Å²) >= 11 is 0. The average molecular weight is 261 g/mol. The van der Waals surface area contributed by atoms with Crippen LogP contribution in [0.4, 0.5) is 10.2 Å². The molecule has 0 saturated carbocycles. The molecule has 0 atom stereocenters. The molecule has 19 heavy (non-hydrogen) atoms. The number of hydrogen-bond acceptors (Lipinski definition) is 7. The van der Waals surface area contributed by atoms with Gasteiger partial charge in [0.1, 0.15) is 5.82 Å². The van der Waals surface area contributed by atoms with Gasteiger partial charge in [-0.25, -0.2) is 9.02 Å². The van der Waals surface area contributed by atoms with E-state index in [2.05, 4.69) is 25.1 Å². The Balaban J connectivity index is 1.87. The van der Waals surface area contributed by atoms with Gasteiger partial charge in [-0.3, -0.25) is 0 Å². The van der Waals surface area contributed by atoms with Crippen molar-refractivity contribution >= 4 is 5.82 Å². The highest BCUT2D eigenvalue weighted by Crippen LogP contribution is 2.20. The topological polar surface area (TPSA) is 104 Å². The minimum absolute atomic E-state index is 0.0566. The molecule has 3 rings (SSSR count). The van der Waals surface area contributed by atoms with Crippen molar-refractivity contribution in [2.75, 3.05) is 5.73 Å². The van der Waals surface area contributed by atoms with Gasteiger partial charge in [0.2, 0.25) is 11.5 Å². The number of benzene rings is 1. The van der Waals surface area contributed by atoms with Crippen LogP contribution in [0, 0.1) is 5.82 Å². The van der Waals surface area contributed by atoms with Crippen LogP contribution in [0.2, 0.25) is 0 Å². The van der Waals surface area contributed by atoms with Crippen LogP contribution in [0.15, 0.2) is 33.4 Å². The Morgan fingerprint density at radius 3 is 2.74 bits per heavy atom. The average Bonchev–Trinajstić information content (AvgIpc) is 3.01. The van der Waals surface area contributed by atoms with Crippen LogP contribution in [0.5, 0.6) is 0 Å². The first-order valence-corrected chi connectivity index (χ1v) is 5.38. The van der Waals surface area contributed by atoms with Crippen molar-refractivity contribution in [3.05, 3.63) is 41.5 Å². The second-order valence-electron chi connectivity index (χ2n) is 3.78. The molecule has 3 aromatic rings. The molecule has 0 fully saturated rings. The number of rotatable bonds is 3. The van der Waals surface area contributed by atoms with Gasteiger partial charge in [0, 0.05) is 6.42 Å². The molecular weight excluding hydrogens is 253 g/mol. The van der Waals surface area contributed by atoms with Crippen molar-refractivity contribution < 1.29 is 13.5 Å². The number of aromatic nitrogens is 4. The summed E-state index contributed by atoms with van der Waals surface area (Å²) in [4.78, 5) is 4.06. The molecule has 0 spiro atoms. The predicted molar refractivity (Wildman–Crippen MR) is 61.2 cm³/mol. The van der Waals surface area contributed by atoms with E-state index in [1.165, 1.54) is 6.07 Å². The van der Waals surface area contributed by atoms with E-state index in [0.29, 0.717) is 11.4 Å². The second kappa shape index (κ2) is 4.48. The lowest BCUT2D eigenvalue weighted by molar-refractivity contribution is 0.308. The Labute approximate surface area is 106 Å². The minimum Gasteiger partial charge on any atom is -0.379 e. The maximum Gasteiger partial charge on any atom is 0.284 e. The number of halogens is 1. The van der Waals surface area contributed by atoms with Gasteiger partial charge < -0.3 is 10.3 Å². The van der Waals surface area contributed by atoms with Gasteiger partial charge >= 0.3 is 0 Å². The zero-order valence-corrected chi connectivity index (χ0v) is 9.58. The molecule has 0 bridgehead atoms. The Morgan fingerprint density at radius 1 is 1.16 bits per heavy atom. The van der Waals surface area contributed by atoms with Crippen molar-refractivity contribution in [2.24, 2.45) is 0 Å². The molecule has 96 valence electrons. The second-order valence-corrected chi connectivity index (χ2v) is 3.78. The van der Waals surface area contributed by atoms with E-state index in [1.54, 1.807) is 18.2 Å². The van der Waals surface area contributed by atoms with Crippen LogP contribution in [-0.2, 0) is 6.42 Å². The van der Waals surface area contributed by atoms with E-state index in [0.717, 1.165) is 0 Å². The Bertz CT molecular complexity index is 708. The number of nitrogen functional groups attached to an aromatic ring is 1. The highest BCUT2D eigenvalue weighted by Gasteiger charge is 2.17. The van der Waals surface area contributed by atoms with Gasteiger partial charge in [0.05, 0.1) is 0 Å². The Morgan fingerprint density at radius 2 is 2.00 bits per heavy atom. The van der Waals surface area contributed by atoms with Crippen molar-refractivity contribution in [2.45, 2.75) is 6.42 Å². The van der Waals surface area contributed by atoms with Crippen LogP contribution in [0.1, 0.15) is 11.4 Å². The molecule has 2 heterocycles. The fourth-order valence-electron chi connectivity index (χ4n) is 1.58. The SMILES string of the molecule is Nc1nonc1-c1nc(Cc2ccccc2F)no1. The summed E-state index contributed by atoms with van der Waals surface area (Å²) in [6, 6.07) is 6.37. The van der Waals surface area contributed by atoms with Gasteiger partial charge in [0.15, 0.2) is 5.82 Å². The molecular formula is C11H8FN5O2. The smallest absolute Gasteiger partial charge is 0.284 e. The summed E-state index contributed by atoms with van der Waals surface area (Å²) in [7, 11) is 0. The largest absolute Gasteiger partial charge is 0.379 e. The van der Waals surface area contributed by atoms with Crippen molar-refractivity contribution in [1.29, 1.82) is 0 Å². The molecule has 2 aromatic heterocycles. The molecule has 8 heteroatoms. The third kappa shape index (κ3) is 2.15. The monoisotopic (exact) mass is 261 g/mol. The molecule has 0 amide bonds. The molecule has 0 radical (unpaired) electrons. The molecule has 0 saturated heterocycles. The zero-order chi connectivity index (χ0) is 13.2. The maximum absolute atomic E-state index is 13.5. The lowest BCUT2D eigenvalue weighted by Crippen LogP contribution is -1.94. The summed E-state index contributed by atoms with van der Waals surface area (Å²) in [5, 5.41) is 10.7. The van der Waals surface area contributed by atoms with E-state index in [1.807, 2.05) is 0 Å². The standard InChI is InChI=1S/C11H8FN5O2/c12-7-4-2-1-3-6(7)5-8-14-11(18-15-8)9-10(13)17-19-16-9/h1-4H,5H2,(H2,13,17). The fraction of sp³-hybridized carbons (Fsp3) is 0.0909. The maximum atomic E-state index is 13.5. The van der Waals surface area contributed by atoms with E-state index in [9.17, 15) is 4.39 Å². The van der Waals surface area contributed by atoms with Crippen LogP contribution >= 0.6 is 0 Å². The summed E-state index contributed by atoms with van der Waals surface area (Å²) in [5.74, 6) is 0.144. The molecule has 0 unspecified atom stereocenters. The van der Waals surface area contributed by atoms with Crippen LogP contribution in [0.25, 0.3) is 11.6 Å². The van der Waals surface area contributed by atoms with E-state index >= 15 is 0 Å². The zero-order valence-electron chi connectivity index (χ0n) is 9.58. The number of hydrogen-bond donors (Lipinski definition) is 1. The van der Waals surface area contributed by atoms with Crippen molar-refractivity contribution in [3.63, 3.8) is 0 Å². The molecule has 1 aromatic carbocycles. The predicted octanol–water partition coefficient (Wildman–Crippen LogP) is 1.43. The Kier molecular flexibility index (Phi) is 2.67. The van der Waals surface area contributed by atoms with Gasteiger partial charge in [-0.15, -0.1) is 0 Å². The molecule has 0 aliphatic carbocycles. The number of nitrogens with two attached hydrogens (primary N) is 1. The van der Waals surface area contributed by atoms with Gasteiger partial charge in [-0.1, -0.05) is 23.4 Å². The van der Waals surface area contributed by atoms with Gasteiger partial charge in [-0.05, 0) is 21.9 Å². The first-order chi connectivity index (χ1) is 9.24. The van der Waals surface area contributed by atoms with E-state index in [-0.39, 0.29) is 29.6 Å². The summed E-state index contributed by atoms with van der Waals surface area (Å²) in [6.45, 7) is 0. The quantitative estimate of drug-likeness (QED) is 0.760. The number of nitrogens with zero attached hydrogens (tertiary/aromatic N) is 4. The highest BCUT2D eigenvalue weighted by atomic mass is 19.1. The van der Waals surface area contributed by atoms with Gasteiger partial charge in [-0.2, -0.15) is 4.98 Å². The first kappa shape index (κ1) is 11.3. The highest BCUT2D eigenvalue weighted by molar-refractivity contribution is 5.60. The normalized spacial score (nSPS) is 10.8. The van der Waals surface area contributed by atoms with Crippen LogP contribution in [-0.4, -0.2) is 20.5 Å². The summed E-state index contributed by atoms with van der Waals surface area (Å²) in [6.07, 6.45) is 0.210. The third-order valence-electron chi connectivity index (χ3n) is 2.49. The molecule has 2 N–H and O–H groups in total. The molecule has 7 nitrogen and oxygen atoms in total. The first-order valence-electron chi connectivity index (χ1n) is 5.38. The van der Waals surface area contributed by atoms with Crippen molar-refractivity contribution in [1.82, 2.24) is 20.5 Å². The lowest BCUT2D eigenvalue weighted by atomic mass is 10.1. The Hall–Kier alpha value is -2.77. The van der Waals surface area contributed by atoms with Crippen LogP contribution < -0.4 is 5.73 Å². The third-order valence-corrected chi connectivity index (χ3v) is 2.49. The molecule has 0 aliphatic heterocycles. The van der Waals surface area contributed by atoms with Crippen molar-refractivity contribution in [3.8, 4) is 11.6 Å². The summed E-state index contributed by atoms with van der Waals surface area (Å²) in [5.41, 5.74) is 6.15. The summed E-state index contributed by atoms with van der Waals surface area (Å²) < 4.78 is 22.9. The van der Waals surface area contributed by atoms with Crippen LogP contribution in [0.3, 0.4) is 0 Å². The number of anilines is 1. The van der Waals surface area contributed by atoms with Gasteiger partial charge in [0.25, 0.3) is 5.89 Å². The van der Waals surface area contributed by atoms with E-state index in [4.69, 9.17) is 10.3 Å². The fourth-order valence-corrected chi connectivity index (χ4v) is 1.58.